The maximum Gasteiger partial charge on any atom is 0.138 e. The lowest BCUT2D eigenvalue weighted by Crippen LogP contribution is -2.53. The number of nitrogens with zero attached hydrogens (tertiary/aromatic N) is 1. The third-order valence-electron chi connectivity index (χ3n) is 3.63. The van der Waals surface area contributed by atoms with Gasteiger partial charge in [0, 0.05) is 18.9 Å². The molecule has 5 heteroatoms. The van der Waals surface area contributed by atoms with Crippen molar-refractivity contribution in [3.05, 3.63) is 36.5 Å². The Morgan fingerprint density at radius 3 is 2.95 bits per heavy atom. The molecule has 2 aromatic rings. The molecule has 1 fully saturated rings. The van der Waals surface area contributed by atoms with Crippen LogP contribution in [0.25, 0.3) is 10.9 Å². The van der Waals surface area contributed by atoms with E-state index in [0.717, 1.165) is 23.1 Å². The number of benzene rings is 1. The first-order chi connectivity index (χ1) is 10.3. The topological polar surface area (TPSA) is 40.6 Å². The van der Waals surface area contributed by atoms with Gasteiger partial charge in [-0.25, -0.2) is 0 Å². The Morgan fingerprint density at radius 2 is 2.14 bits per heavy atom. The number of alkyl halides is 1. The summed E-state index contributed by atoms with van der Waals surface area (Å²) < 4.78 is 16.6. The molecule has 1 saturated carbocycles. The largest absolute Gasteiger partial charge is 0.486 e. The van der Waals surface area contributed by atoms with E-state index in [1.165, 1.54) is 0 Å². The number of aromatic nitrogens is 1. The second-order valence-corrected chi connectivity index (χ2v) is 5.66. The molecule has 0 aliphatic heterocycles. The van der Waals surface area contributed by atoms with Gasteiger partial charge in [-0.15, -0.1) is 11.6 Å². The van der Waals surface area contributed by atoms with Crippen molar-refractivity contribution in [1.29, 1.82) is 0 Å². The van der Waals surface area contributed by atoms with Gasteiger partial charge in [0.15, 0.2) is 0 Å². The van der Waals surface area contributed by atoms with E-state index in [-0.39, 0.29) is 17.6 Å². The molecule has 112 valence electrons. The predicted molar refractivity (Wildman–Crippen MR) is 82.0 cm³/mol. The monoisotopic (exact) mass is 307 g/mol. The fourth-order valence-corrected chi connectivity index (χ4v) is 2.82. The van der Waals surface area contributed by atoms with Crippen LogP contribution in [0.4, 0.5) is 0 Å². The summed E-state index contributed by atoms with van der Waals surface area (Å²) in [5, 5.41) is 1.06. The molecule has 3 unspecified atom stereocenters. The van der Waals surface area contributed by atoms with Crippen LogP contribution in [-0.2, 0) is 9.47 Å². The highest BCUT2D eigenvalue weighted by Crippen LogP contribution is 2.33. The van der Waals surface area contributed by atoms with Crippen LogP contribution in [0, 0.1) is 0 Å². The Morgan fingerprint density at radius 1 is 1.29 bits per heavy atom. The predicted octanol–water partition coefficient (Wildman–Crippen LogP) is 3.02. The highest BCUT2D eigenvalue weighted by molar-refractivity contribution is 6.21. The number of hydrogen-bond donors (Lipinski definition) is 0. The zero-order valence-corrected chi connectivity index (χ0v) is 12.6. The maximum absolute atomic E-state index is 6.19. The van der Waals surface area contributed by atoms with Gasteiger partial charge in [-0.1, -0.05) is 18.2 Å². The molecule has 0 amide bonds. The molecule has 0 spiro atoms. The van der Waals surface area contributed by atoms with Crippen LogP contribution in [-0.4, -0.2) is 42.9 Å². The molecule has 0 bridgehead atoms. The van der Waals surface area contributed by atoms with Gasteiger partial charge >= 0.3 is 0 Å². The van der Waals surface area contributed by atoms with Crippen molar-refractivity contribution in [2.75, 3.05) is 20.3 Å². The summed E-state index contributed by atoms with van der Waals surface area (Å²) in [5.74, 6) is 0.752. The molecule has 1 aliphatic rings. The number of methoxy groups -OCH3 is 1. The fourth-order valence-electron chi connectivity index (χ4n) is 2.41. The third-order valence-corrected chi connectivity index (χ3v) is 4.06. The van der Waals surface area contributed by atoms with Crippen molar-refractivity contribution in [2.45, 2.75) is 24.0 Å². The minimum Gasteiger partial charge on any atom is -0.486 e. The van der Waals surface area contributed by atoms with Crippen LogP contribution in [0.2, 0.25) is 0 Å². The van der Waals surface area contributed by atoms with Crippen LogP contribution in [0.15, 0.2) is 36.5 Å². The van der Waals surface area contributed by atoms with Crippen molar-refractivity contribution in [1.82, 2.24) is 4.98 Å². The van der Waals surface area contributed by atoms with E-state index in [1.807, 2.05) is 30.3 Å². The number of rotatable bonds is 6. The molecule has 1 aliphatic carbocycles. The highest BCUT2D eigenvalue weighted by Gasteiger charge is 2.42. The SMILES string of the molecule is COCCOC1C(Cl)CC1Oc1cnc2ccccc2c1. The van der Waals surface area contributed by atoms with Crippen molar-refractivity contribution in [3.63, 3.8) is 0 Å². The lowest BCUT2D eigenvalue weighted by Gasteiger charge is -2.40. The van der Waals surface area contributed by atoms with Crippen molar-refractivity contribution in [3.8, 4) is 5.75 Å². The average molecular weight is 308 g/mol. The van der Waals surface area contributed by atoms with Crippen LogP contribution in [0.5, 0.6) is 5.75 Å². The van der Waals surface area contributed by atoms with Crippen molar-refractivity contribution in [2.24, 2.45) is 0 Å². The highest BCUT2D eigenvalue weighted by atomic mass is 35.5. The molecule has 0 saturated heterocycles. The Labute approximate surface area is 129 Å². The Balaban J connectivity index is 1.64. The number of pyridine rings is 1. The molecule has 1 aromatic carbocycles. The van der Waals surface area contributed by atoms with Gasteiger partial charge in [0.2, 0.25) is 0 Å². The summed E-state index contributed by atoms with van der Waals surface area (Å²) in [6, 6.07) is 9.96. The quantitative estimate of drug-likeness (QED) is 0.607. The number of fused-ring (bicyclic) bond motifs is 1. The zero-order valence-electron chi connectivity index (χ0n) is 11.9. The molecular formula is C16H18ClNO3. The van der Waals surface area contributed by atoms with E-state index in [0.29, 0.717) is 13.2 Å². The minimum absolute atomic E-state index is 0.000252. The van der Waals surface area contributed by atoms with Gasteiger partial charge in [-0.3, -0.25) is 4.98 Å². The number of para-hydroxylation sites is 1. The van der Waals surface area contributed by atoms with E-state index in [9.17, 15) is 0 Å². The van der Waals surface area contributed by atoms with Gasteiger partial charge < -0.3 is 14.2 Å². The smallest absolute Gasteiger partial charge is 0.138 e. The van der Waals surface area contributed by atoms with Gasteiger partial charge in [-0.05, 0) is 12.1 Å². The van der Waals surface area contributed by atoms with Crippen molar-refractivity contribution >= 4 is 22.5 Å². The lowest BCUT2D eigenvalue weighted by atomic mass is 9.91. The van der Waals surface area contributed by atoms with Gasteiger partial charge in [0.05, 0.1) is 30.3 Å². The molecule has 3 rings (SSSR count). The fraction of sp³-hybridized carbons (Fsp3) is 0.438. The summed E-state index contributed by atoms with van der Waals surface area (Å²) in [4.78, 5) is 4.39. The molecule has 0 N–H and O–H groups in total. The second kappa shape index (κ2) is 6.60. The Hall–Kier alpha value is -1.36. The molecule has 0 radical (unpaired) electrons. The summed E-state index contributed by atoms with van der Waals surface area (Å²) >= 11 is 6.19. The first-order valence-corrected chi connectivity index (χ1v) is 7.47. The molecular weight excluding hydrogens is 290 g/mol. The minimum atomic E-state index is -0.0895. The maximum atomic E-state index is 6.19. The number of halogens is 1. The Kier molecular flexibility index (Phi) is 4.58. The zero-order chi connectivity index (χ0) is 14.7. The van der Waals surface area contributed by atoms with Gasteiger partial charge in [0.25, 0.3) is 0 Å². The molecule has 4 nitrogen and oxygen atoms in total. The third kappa shape index (κ3) is 3.28. The van der Waals surface area contributed by atoms with E-state index >= 15 is 0 Å². The molecule has 1 heterocycles. The normalized spacial score (nSPS) is 24.8. The molecule has 3 atom stereocenters. The summed E-state index contributed by atoms with van der Waals surface area (Å²) in [6.07, 6.45) is 2.42. The first-order valence-electron chi connectivity index (χ1n) is 7.04. The van der Waals surface area contributed by atoms with Gasteiger partial charge in [0.1, 0.15) is 18.0 Å². The number of hydrogen-bond acceptors (Lipinski definition) is 4. The van der Waals surface area contributed by atoms with Crippen LogP contribution in [0.1, 0.15) is 6.42 Å². The first kappa shape index (κ1) is 14.6. The van der Waals surface area contributed by atoms with E-state index in [1.54, 1.807) is 13.3 Å². The lowest BCUT2D eigenvalue weighted by molar-refractivity contribution is -0.0898. The average Bonchev–Trinajstić information content (AvgIpc) is 2.51. The van der Waals surface area contributed by atoms with Gasteiger partial charge in [-0.2, -0.15) is 0 Å². The number of ether oxygens (including phenoxy) is 3. The van der Waals surface area contributed by atoms with Crippen LogP contribution >= 0.6 is 11.6 Å². The van der Waals surface area contributed by atoms with E-state index in [4.69, 9.17) is 25.8 Å². The second-order valence-electron chi connectivity index (χ2n) is 5.10. The van der Waals surface area contributed by atoms with E-state index in [2.05, 4.69) is 4.98 Å². The summed E-state index contributed by atoms with van der Waals surface area (Å²) in [7, 11) is 1.65. The summed E-state index contributed by atoms with van der Waals surface area (Å²) in [5.41, 5.74) is 0.960. The summed E-state index contributed by atoms with van der Waals surface area (Å²) in [6.45, 7) is 1.09. The molecule has 21 heavy (non-hydrogen) atoms. The molecule has 1 aromatic heterocycles. The van der Waals surface area contributed by atoms with Crippen LogP contribution < -0.4 is 4.74 Å². The Bertz CT molecular complexity index is 607. The standard InChI is InChI=1S/C16H18ClNO3/c1-19-6-7-20-16-13(17)9-15(16)21-12-8-11-4-2-3-5-14(11)18-10-12/h2-5,8,10,13,15-16H,6-7,9H2,1H3. The van der Waals surface area contributed by atoms with E-state index < -0.39 is 0 Å². The van der Waals surface area contributed by atoms with Crippen LogP contribution in [0.3, 0.4) is 0 Å². The van der Waals surface area contributed by atoms with Crippen molar-refractivity contribution < 1.29 is 14.2 Å².